The molecular weight excluding hydrogens is 535 g/mol. The zero-order valence-electron chi connectivity index (χ0n) is 20.5. The number of hydrogen-bond donors (Lipinski definition) is 1. The minimum atomic E-state index is -4.02. The van der Waals surface area contributed by atoms with Gasteiger partial charge in [-0.1, -0.05) is 60.3 Å². The number of carbonyl (C=O) groups is 2. The Morgan fingerprint density at radius 1 is 0.946 bits per heavy atom. The van der Waals surface area contributed by atoms with Crippen molar-refractivity contribution in [3.63, 3.8) is 0 Å². The zero-order valence-corrected chi connectivity index (χ0v) is 22.9. The van der Waals surface area contributed by atoms with Crippen LogP contribution in [-0.2, 0) is 26.1 Å². The smallest absolute Gasteiger partial charge is 0.338 e. The lowest BCUT2D eigenvalue weighted by molar-refractivity contribution is -0.116. The molecule has 0 aromatic heterocycles. The number of benzene rings is 3. The summed E-state index contributed by atoms with van der Waals surface area (Å²) in [6.07, 6.45) is 1.70. The molecular formula is C27H28Cl2N2O5S. The summed E-state index contributed by atoms with van der Waals surface area (Å²) < 4.78 is 33.2. The number of carbonyl (C=O) groups excluding carboxylic acids is 2. The third-order valence-corrected chi connectivity index (χ3v) is 8.00. The zero-order chi connectivity index (χ0) is 27.0. The number of sulfonamides is 1. The van der Waals surface area contributed by atoms with E-state index in [9.17, 15) is 18.0 Å². The first-order valence-electron chi connectivity index (χ1n) is 11.7. The molecule has 1 amide bonds. The van der Waals surface area contributed by atoms with Gasteiger partial charge in [0.05, 0.1) is 33.7 Å². The molecule has 7 nitrogen and oxygen atoms in total. The van der Waals surface area contributed by atoms with Gasteiger partial charge >= 0.3 is 5.97 Å². The molecule has 0 aliphatic carbocycles. The number of nitrogens with one attached hydrogen (secondary N) is 1. The largest absolute Gasteiger partial charge is 0.462 e. The molecule has 0 aliphatic rings. The van der Waals surface area contributed by atoms with Crippen LogP contribution in [0.25, 0.3) is 0 Å². The Bertz CT molecular complexity index is 1340. The maximum Gasteiger partial charge on any atom is 0.338 e. The van der Waals surface area contributed by atoms with Crippen LogP contribution in [0.2, 0.25) is 10.0 Å². The van der Waals surface area contributed by atoms with E-state index in [1.165, 1.54) is 12.1 Å². The number of anilines is 1. The molecule has 37 heavy (non-hydrogen) atoms. The van der Waals surface area contributed by atoms with Gasteiger partial charge in [0.15, 0.2) is 0 Å². The molecule has 0 fully saturated rings. The van der Waals surface area contributed by atoms with Gasteiger partial charge in [0.25, 0.3) is 0 Å². The Morgan fingerprint density at radius 2 is 1.62 bits per heavy atom. The first-order valence-corrected chi connectivity index (χ1v) is 13.9. The molecule has 0 unspecified atom stereocenters. The number of unbranched alkanes of at least 4 members (excludes halogenated alkanes) is 1. The molecule has 3 aromatic rings. The number of halogens is 2. The van der Waals surface area contributed by atoms with Crippen LogP contribution in [0.1, 0.15) is 41.3 Å². The number of aryl methyl sites for hydroxylation is 1. The van der Waals surface area contributed by atoms with E-state index >= 15 is 0 Å². The number of rotatable bonds is 11. The predicted octanol–water partition coefficient (Wildman–Crippen LogP) is 6.09. The monoisotopic (exact) mass is 562 g/mol. The van der Waals surface area contributed by atoms with E-state index in [-0.39, 0.29) is 16.5 Å². The van der Waals surface area contributed by atoms with Crippen LogP contribution >= 0.6 is 23.2 Å². The molecule has 3 aromatic carbocycles. The van der Waals surface area contributed by atoms with E-state index in [2.05, 4.69) is 5.32 Å². The number of ether oxygens (including phenoxy) is 1. The highest BCUT2D eigenvalue weighted by molar-refractivity contribution is 7.89. The maximum absolute atomic E-state index is 13.5. The Labute approximate surface area is 227 Å². The Morgan fingerprint density at radius 3 is 2.24 bits per heavy atom. The van der Waals surface area contributed by atoms with Crippen molar-refractivity contribution in [3.8, 4) is 0 Å². The number of nitrogens with zero attached hydrogens (tertiary/aromatic N) is 1. The topological polar surface area (TPSA) is 92.8 Å². The van der Waals surface area contributed by atoms with Gasteiger partial charge in [0.1, 0.15) is 0 Å². The van der Waals surface area contributed by atoms with Crippen LogP contribution in [0.4, 0.5) is 5.69 Å². The van der Waals surface area contributed by atoms with Crippen molar-refractivity contribution in [1.29, 1.82) is 0 Å². The van der Waals surface area contributed by atoms with Crippen molar-refractivity contribution in [3.05, 3.63) is 93.5 Å². The molecule has 10 heteroatoms. The lowest BCUT2D eigenvalue weighted by Crippen LogP contribution is -2.37. The average Bonchev–Trinajstić information content (AvgIpc) is 2.86. The van der Waals surface area contributed by atoms with E-state index in [1.807, 2.05) is 13.8 Å². The summed E-state index contributed by atoms with van der Waals surface area (Å²) in [5.41, 5.74) is 2.25. The van der Waals surface area contributed by atoms with Crippen LogP contribution in [0.5, 0.6) is 0 Å². The molecule has 0 atom stereocenters. The third-order valence-electron chi connectivity index (χ3n) is 5.46. The highest BCUT2D eigenvalue weighted by Crippen LogP contribution is 2.25. The van der Waals surface area contributed by atoms with E-state index in [0.29, 0.717) is 28.4 Å². The lowest BCUT2D eigenvalue weighted by atomic mass is 10.2. The first kappa shape index (κ1) is 28.7. The predicted molar refractivity (Wildman–Crippen MR) is 145 cm³/mol. The van der Waals surface area contributed by atoms with E-state index in [4.69, 9.17) is 27.9 Å². The maximum atomic E-state index is 13.5. The van der Waals surface area contributed by atoms with Gasteiger partial charge in [0.2, 0.25) is 15.9 Å². The van der Waals surface area contributed by atoms with Gasteiger partial charge in [0, 0.05) is 12.2 Å². The first-order chi connectivity index (χ1) is 17.6. The van der Waals surface area contributed by atoms with Crippen molar-refractivity contribution in [2.75, 3.05) is 18.5 Å². The van der Waals surface area contributed by atoms with Crippen LogP contribution in [0.15, 0.2) is 71.6 Å². The van der Waals surface area contributed by atoms with Crippen molar-refractivity contribution in [2.45, 2.75) is 38.1 Å². The summed E-state index contributed by atoms with van der Waals surface area (Å²) >= 11 is 12.1. The third kappa shape index (κ3) is 8.04. The summed E-state index contributed by atoms with van der Waals surface area (Å²) in [5.74, 6) is -0.989. The fraction of sp³-hybridized carbons (Fsp3) is 0.259. The molecule has 0 heterocycles. The molecule has 0 bridgehead atoms. The normalized spacial score (nSPS) is 11.4. The van der Waals surface area contributed by atoms with Gasteiger partial charge in [-0.25, -0.2) is 13.2 Å². The number of amides is 1. The SMILES string of the molecule is CCCCOC(=O)c1ccc(NC(=O)CN(Cc2ccc(Cl)c(Cl)c2)S(=O)(=O)c2ccc(C)cc2)cc1. The molecule has 1 N–H and O–H groups in total. The minimum absolute atomic E-state index is 0.0666. The molecule has 0 aliphatic heterocycles. The van der Waals surface area contributed by atoms with Gasteiger partial charge in [-0.3, -0.25) is 4.79 Å². The van der Waals surface area contributed by atoms with Crippen LogP contribution < -0.4 is 5.32 Å². The summed E-state index contributed by atoms with van der Waals surface area (Å²) in [4.78, 5) is 25.1. The lowest BCUT2D eigenvalue weighted by Gasteiger charge is -2.22. The standard InChI is InChI=1S/C27H28Cl2N2O5S/c1-3-4-15-36-27(33)21-8-10-22(11-9-21)30-26(32)18-31(17-20-7-14-24(28)25(29)16-20)37(34,35)23-12-5-19(2)6-13-23/h5-14,16H,3-4,15,17-18H2,1-2H3,(H,30,32). The Balaban J connectivity index is 1.77. The molecule has 0 saturated carbocycles. The number of hydrogen-bond acceptors (Lipinski definition) is 5. The van der Waals surface area contributed by atoms with Crippen molar-refractivity contribution in [1.82, 2.24) is 4.31 Å². The summed E-state index contributed by atoms with van der Waals surface area (Å²) in [5, 5.41) is 3.31. The highest BCUT2D eigenvalue weighted by atomic mass is 35.5. The van der Waals surface area contributed by atoms with Gasteiger partial charge in [-0.2, -0.15) is 4.31 Å². The molecule has 0 radical (unpaired) electrons. The molecule has 0 saturated heterocycles. The second kappa shape index (κ2) is 13.1. The van der Waals surface area contributed by atoms with E-state index < -0.39 is 28.4 Å². The van der Waals surface area contributed by atoms with E-state index in [1.54, 1.807) is 54.6 Å². The van der Waals surface area contributed by atoms with Gasteiger partial charge < -0.3 is 10.1 Å². The van der Waals surface area contributed by atoms with Crippen LogP contribution in [0.3, 0.4) is 0 Å². The van der Waals surface area contributed by atoms with E-state index in [0.717, 1.165) is 22.7 Å². The minimum Gasteiger partial charge on any atom is -0.462 e. The molecule has 196 valence electrons. The van der Waals surface area contributed by atoms with Crippen LogP contribution in [0, 0.1) is 6.92 Å². The fourth-order valence-corrected chi connectivity index (χ4v) is 5.07. The summed E-state index contributed by atoms with van der Waals surface area (Å²) in [7, 11) is -4.02. The second-order valence-electron chi connectivity index (χ2n) is 8.45. The fourth-order valence-electron chi connectivity index (χ4n) is 3.37. The number of esters is 1. The quantitative estimate of drug-likeness (QED) is 0.225. The Hall–Kier alpha value is -2.91. The van der Waals surface area contributed by atoms with Gasteiger partial charge in [-0.05, 0) is 67.4 Å². The van der Waals surface area contributed by atoms with Crippen molar-refractivity contribution in [2.24, 2.45) is 0 Å². The highest BCUT2D eigenvalue weighted by Gasteiger charge is 2.27. The van der Waals surface area contributed by atoms with Gasteiger partial charge in [-0.15, -0.1) is 0 Å². The summed E-state index contributed by atoms with van der Waals surface area (Å²) in [6.45, 7) is 3.66. The molecule has 0 spiro atoms. The Kier molecular flexibility index (Phi) is 10.1. The molecule has 3 rings (SSSR count). The van der Waals surface area contributed by atoms with Crippen molar-refractivity contribution >= 4 is 50.8 Å². The van der Waals surface area contributed by atoms with Crippen molar-refractivity contribution < 1.29 is 22.7 Å². The summed E-state index contributed by atoms with van der Waals surface area (Å²) in [6, 6.07) is 17.4. The average molecular weight is 564 g/mol. The van der Waals surface area contributed by atoms with Crippen LogP contribution in [-0.4, -0.2) is 37.8 Å². The second-order valence-corrected chi connectivity index (χ2v) is 11.2.